The summed E-state index contributed by atoms with van der Waals surface area (Å²) in [5.41, 5.74) is -5.93. The quantitative estimate of drug-likeness (QED) is 0.0670. The smallest absolute Gasteiger partial charge is 0.478 e. The molecule has 448 valence electrons. The topological polar surface area (TPSA) is 203 Å². The normalized spacial score (nSPS) is 17.5. The molecule has 10 rings (SSSR count). The van der Waals surface area contributed by atoms with Crippen LogP contribution in [0.3, 0.4) is 0 Å². The lowest BCUT2D eigenvalue weighted by atomic mass is 9.81. The molecule has 4 aliphatic rings. The zero-order valence-electron chi connectivity index (χ0n) is 42.2. The average molecular weight is 1280 g/mol. The van der Waals surface area contributed by atoms with Crippen molar-refractivity contribution in [2.24, 2.45) is 5.10 Å². The van der Waals surface area contributed by atoms with Gasteiger partial charge in [0, 0.05) is 49.8 Å². The van der Waals surface area contributed by atoms with E-state index in [2.05, 4.69) is 47.0 Å². The number of hydrogen-bond donors (Lipinski definition) is 4. The monoisotopic (exact) mass is 1280 g/mol. The van der Waals surface area contributed by atoms with E-state index >= 15 is 0 Å². The van der Waals surface area contributed by atoms with Crippen LogP contribution in [0.4, 0.5) is 65.9 Å². The summed E-state index contributed by atoms with van der Waals surface area (Å²) in [6.45, 7) is 2.93. The highest BCUT2D eigenvalue weighted by Gasteiger charge is 2.66. The number of carbonyl (C=O) groups is 1. The van der Waals surface area contributed by atoms with Crippen LogP contribution in [0.25, 0.3) is 5.57 Å². The molecule has 1 atom stereocenters. The number of aromatic carboxylic acids is 1. The first-order chi connectivity index (χ1) is 38.9. The van der Waals surface area contributed by atoms with Crippen LogP contribution in [0.1, 0.15) is 88.9 Å². The molecule has 0 bridgehead atoms. The molecule has 0 radical (unpaired) electrons. The largest absolute Gasteiger partial charge is 0.488 e. The van der Waals surface area contributed by atoms with E-state index in [1.54, 1.807) is 6.07 Å². The lowest BCUT2D eigenvalue weighted by molar-refractivity contribution is -0.196. The minimum atomic E-state index is -4.45. The summed E-state index contributed by atoms with van der Waals surface area (Å²) in [6.07, 6.45) is -12.7. The lowest BCUT2D eigenvalue weighted by Gasteiger charge is -2.31. The lowest BCUT2D eigenvalue weighted by Crippen LogP contribution is -2.49. The zero-order chi connectivity index (χ0) is 62.9. The van der Waals surface area contributed by atoms with E-state index in [1.807, 2.05) is 0 Å². The number of nitrogens with zero attached hydrogens (tertiary/aromatic N) is 8. The summed E-state index contributed by atoms with van der Waals surface area (Å²) >= 11 is 22.0. The Morgan fingerprint density at radius 3 is 1.35 bits per heavy atom. The van der Waals surface area contributed by atoms with Crippen molar-refractivity contribution in [1.29, 1.82) is 5.26 Å². The molecule has 33 heteroatoms. The second-order valence-corrected chi connectivity index (χ2v) is 20.0. The first-order valence-corrected chi connectivity index (χ1v) is 25.1. The van der Waals surface area contributed by atoms with Gasteiger partial charge >= 0.3 is 44.0 Å². The molecular formula is C51H39BCl4F15N9O4. The van der Waals surface area contributed by atoms with Crippen molar-refractivity contribution in [2.75, 3.05) is 0 Å². The van der Waals surface area contributed by atoms with Crippen LogP contribution in [-0.2, 0) is 21.8 Å². The van der Waals surface area contributed by atoms with Crippen LogP contribution < -0.4 is 10.9 Å². The van der Waals surface area contributed by atoms with Gasteiger partial charge in [-0.3, -0.25) is 10.4 Å². The van der Waals surface area contributed by atoms with E-state index in [-0.39, 0.29) is 105 Å². The van der Waals surface area contributed by atoms with Crippen molar-refractivity contribution in [3.63, 3.8) is 0 Å². The number of hydrogen-bond acceptors (Lipinski definition) is 12. The first-order valence-electron chi connectivity index (χ1n) is 23.6. The van der Waals surface area contributed by atoms with Crippen LogP contribution in [0.5, 0.6) is 0 Å². The van der Waals surface area contributed by atoms with Gasteiger partial charge in [0.15, 0.2) is 5.54 Å². The Labute approximate surface area is 486 Å². The standard InChI is InChI=1S/C10H7F3N2.C10H8F3NO2.C9H7ClF3N3.C9H7ClF3N.C8H5ClF3N.C5H5BClNO2/c11-10(12,13)9(2-3-9)7-1-4-15-8(5-7)6-14;11-10(12,13)9(2-3-9)7-5-6(8(15)16)1-4-14-7;10-7-5-6(1-3-14-7)8(9(11,12)13)2-4-15-16-8;10-7-5-6(1-4-14-7)8(2-3-8)9(11,12)13;1-5(8(10,11)12)6-2-3-13-7(9)4-6;7-5-3-4(6(9)10)1-2-8-5/h1,4-5H,2-3H2;1,4-5H,2-3H2,(H,15,16);1,3-5,16H,2H2;1,4-5H,2-3H2;2-4H,1H2;1-3,9-10H. The summed E-state index contributed by atoms with van der Waals surface area (Å²) in [4.78, 5) is 32.5. The molecule has 0 amide bonds. The van der Waals surface area contributed by atoms with Crippen LogP contribution in [-0.4, -0.2) is 95.2 Å². The van der Waals surface area contributed by atoms with Crippen LogP contribution in [0.2, 0.25) is 20.6 Å². The van der Waals surface area contributed by atoms with Gasteiger partial charge in [0.25, 0.3) is 0 Å². The number of nitrogens with one attached hydrogen (secondary N) is 1. The van der Waals surface area contributed by atoms with Gasteiger partial charge < -0.3 is 15.2 Å². The number of halogens is 19. The number of aromatic nitrogens is 6. The molecule has 0 saturated heterocycles. The highest BCUT2D eigenvalue weighted by Crippen LogP contribution is 2.60. The maximum atomic E-state index is 13.0. The Balaban J connectivity index is 0.000000185. The van der Waals surface area contributed by atoms with Crippen molar-refractivity contribution < 1.29 is 85.8 Å². The third kappa shape index (κ3) is 16.7. The molecule has 0 spiro atoms. The predicted molar refractivity (Wildman–Crippen MR) is 277 cm³/mol. The number of carboxylic acids is 1. The first kappa shape index (κ1) is 68.0. The van der Waals surface area contributed by atoms with Gasteiger partial charge in [-0.15, -0.1) is 0 Å². The van der Waals surface area contributed by atoms with Crippen molar-refractivity contribution in [2.45, 2.75) is 97.6 Å². The summed E-state index contributed by atoms with van der Waals surface area (Å²) in [7, 11) is -1.47. The number of nitriles is 1. The van der Waals surface area contributed by atoms with Gasteiger partial charge in [-0.05, 0) is 139 Å². The molecule has 84 heavy (non-hydrogen) atoms. The van der Waals surface area contributed by atoms with Gasteiger partial charge in [-0.1, -0.05) is 53.0 Å². The summed E-state index contributed by atoms with van der Waals surface area (Å²) in [5, 5.41) is 38.3. The molecule has 6 aromatic rings. The molecule has 1 aliphatic heterocycles. The molecule has 3 fully saturated rings. The van der Waals surface area contributed by atoms with Crippen LogP contribution in [0.15, 0.2) is 122 Å². The van der Waals surface area contributed by atoms with Crippen LogP contribution >= 0.6 is 46.4 Å². The Bertz CT molecular complexity index is 3340. The molecule has 7 heterocycles. The molecule has 0 aromatic carbocycles. The molecule has 4 N–H and O–H groups in total. The van der Waals surface area contributed by atoms with Crippen molar-refractivity contribution >= 4 is 76.7 Å². The van der Waals surface area contributed by atoms with E-state index in [9.17, 15) is 70.7 Å². The number of rotatable bonds is 7. The maximum absolute atomic E-state index is 13.0. The number of allylic oxidation sites excluding steroid dienone is 1. The second-order valence-electron chi connectivity index (χ2n) is 18.4. The van der Waals surface area contributed by atoms with E-state index < -0.39 is 71.3 Å². The van der Waals surface area contributed by atoms with E-state index in [4.69, 9.17) is 66.8 Å². The van der Waals surface area contributed by atoms with Gasteiger partial charge in [0.05, 0.1) is 27.7 Å². The van der Waals surface area contributed by atoms with Crippen LogP contribution in [0, 0.1) is 11.3 Å². The number of hydrazone groups is 1. The maximum Gasteiger partial charge on any atom is 0.488 e. The molecule has 6 aromatic heterocycles. The SMILES string of the molecule is C=C(c1ccnc(Cl)c1)C(F)(F)F.FC(F)(F)C1(c2ccnc(Cl)c2)CC1.FC(F)(F)C1(c2ccnc(Cl)c2)CC=NN1.N#Cc1cc(C2(C(F)(F)F)CC2)ccn1.O=C(O)c1ccnc(C2(C(F)(F)F)CC2)c1.OB(O)c1ccnc(Cl)c1. The molecular weight excluding hydrogens is 1240 g/mol. The van der Waals surface area contributed by atoms with Crippen molar-refractivity contribution in [3.8, 4) is 6.07 Å². The van der Waals surface area contributed by atoms with Gasteiger partial charge in [-0.2, -0.15) is 76.2 Å². The van der Waals surface area contributed by atoms with E-state index in [1.165, 1.54) is 97.9 Å². The predicted octanol–water partition coefficient (Wildman–Crippen LogP) is 13.4. The molecule has 13 nitrogen and oxygen atoms in total. The summed E-state index contributed by atoms with van der Waals surface area (Å²) in [5.74, 6) is -1.25. The van der Waals surface area contributed by atoms with Gasteiger partial charge in [0.2, 0.25) is 0 Å². The van der Waals surface area contributed by atoms with E-state index in [0.29, 0.717) is 5.46 Å². The molecule has 3 saturated carbocycles. The molecule has 3 aliphatic carbocycles. The minimum Gasteiger partial charge on any atom is -0.478 e. The highest BCUT2D eigenvalue weighted by molar-refractivity contribution is 6.58. The fourth-order valence-corrected chi connectivity index (χ4v) is 8.46. The fourth-order valence-electron chi connectivity index (χ4n) is 7.76. The second kappa shape index (κ2) is 26.6. The third-order valence-electron chi connectivity index (χ3n) is 13.0. The Morgan fingerprint density at radius 1 is 0.548 bits per heavy atom. The molecule has 1 unspecified atom stereocenters. The van der Waals surface area contributed by atoms with E-state index in [0.717, 1.165) is 18.3 Å². The highest BCUT2D eigenvalue weighted by atomic mass is 35.5. The fraction of sp³-hybridized carbons (Fsp3) is 0.314. The van der Waals surface area contributed by atoms with Crippen molar-refractivity contribution in [3.05, 3.63) is 176 Å². The zero-order valence-corrected chi connectivity index (χ0v) is 45.2. The average Bonchev–Trinajstić information content (AvgIpc) is 1.77. The van der Waals surface area contributed by atoms with Gasteiger partial charge in [-0.25, -0.2) is 29.7 Å². The number of carboxylic acid groups (broad SMARTS) is 1. The summed E-state index contributed by atoms with van der Waals surface area (Å²) in [6, 6.07) is 16.8. The Morgan fingerprint density at radius 2 is 0.964 bits per heavy atom. The number of alkyl halides is 15. The Kier molecular flexibility index (Phi) is 21.5. The van der Waals surface area contributed by atoms with Crippen molar-refractivity contribution in [1.82, 2.24) is 35.3 Å². The van der Waals surface area contributed by atoms with Gasteiger partial charge in [0.1, 0.15) is 37.8 Å². The number of pyridine rings is 6. The summed E-state index contributed by atoms with van der Waals surface area (Å²) < 4.78 is 190. The third-order valence-corrected chi connectivity index (χ3v) is 13.8. The Hall–Kier alpha value is -6.84. The minimum absolute atomic E-state index is 0.0116.